The van der Waals surface area contributed by atoms with Crippen LogP contribution in [0.1, 0.15) is 70.9 Å². The average molecular weight is 537 g/mol. The van der Waals surface area contributed by atoms with Crippen LogP contribution < -0.4 is 10.2 Å². The number of pyridine rings is 2. The molecule has 1 aliphatic heterocycles. The molecule has 5 heterocycles. The predicted molar refractivity (Wildman–Crippen MR) is 155 cm³/mol. The summed E-state index contributed by atoms with van der Waals surface area (Å²) in [6.07, 6.45) is 15.3. The SMILES string of the molecule is CCC1(C(=O)NC2CCC2)CCN(c2ccc(-c3cc(-c4cnn(C(C)C)c4)cn4ncc(C#N)c34)cn2)CC1. The Morgan fingerprint density at radius 2 is 1.90 bits per heavy atom. The van der Waals surface area contributed by atoms with Crippen LogP contribution >= 0.6 is 0 Å². The molecule has 9 nitrogen and oxygen atoms in total. The Balaban J connectivity index is 1.25. The predicted octanol–water partition coefficient (Wildman–Crippen LogP) is 5.38. The molecule has 9 heteroatoms. The number of nitrogens with one attached hydrogen (secondary N) is 1. The lowest BCUT2D eigenvalue weighted by Crippen LogP contribution is -2.52. The molecule has 0 radical (unpaired) electrons. The first-order valence-electron chi connectivity index (χ1n) is 14.4. The van der Waals surface area contributed by atoms with E-state index >= 15 is 0 Å². The first kappa shape index (κ1) is 26.1. The number of carbonyl (C=O) groups excluding carboxylic acids is 1. The van der Waals surface area contributed by atoms with E-state index in [4.69, 9.17) is 4.98 Å². The van der Waals surface area contributed by atoms with E-state index in [-0.39, 0.29) is 17.4 Å². The highest BCUT2D eigenvalue weighted by Crippen LogP contribution is 2.38. The van der Waals surface area contributed by atoms with Gasteiger partial charge in [0.25, 0.3) is 0 Å². The molecular weight excluding hydrogens is 500 g/mol. The lowest BCUT2D eigenvalue weighted by atomic mass is 9.74. The van der Waals surface area contributed by atoms with Gasteiger partial charge in [0.15, 0.2) is 0 Å². The van der Waals surface area contributed by atoms with E-state index in [0.29, 0.717) is 11.6 Å². The van der Waals surface area contributed by atoms with Gasteiger partial charge < -0.3 is 10.2 Å². The highest BCUT2D eigenvalue weighted by atomic mass is 16.2. The second kappa shape index (κ2) is 10.4. The van der Waals surface area contributed by atoms with Gasteiger partial charge in [0, 0.05) is 66.0 Å². The molecule has 1 saturated carbocycles. The summed E-state index contributed by atoms with van der Waals surface area (Å²) < 4.78 is 3.70. The van der Waals surface area contributed by atoms with E-state index in [1.54, 1.807) is 10.7 Å². The Bertz CT molecular complexity index is 1560. The molecule has 1 N–H and O–H groups in total. The van der Waals surface area contributed by atoms with Crippen molar-refractivity contribution < 1.29 is 4.79 Å². The zero-order valence-corrected chi connectivity index (χ0v) is 23.5. The van der Waals surface area contributed by atoms with Crippen LogP contribution in [0.5, 0.6) is 0 Å². The monoisotopic (exact) mass is 536 g/mol. The summed E-state index contributed by atoms with van der Waals surface area (Å²) in [5, 5.41) is 22.0. The van der Waals surface area contributed by atoms with Gasteiger partial charge in [-0.25, -0.2) is 9.50 Å². The van der Waals surface area contributed by atoms with Gasteiger partial charge in [-0.1, -0.05) is 6.92 Å². The first-order chi connectivity index (χ1) is 19.4. The molecule has 4 aromatic rings. The fourth-order valence-corrected chi connectivity index (χ4v) is 5.88. The number of fused-ring (bicyclic) bond motifs is 1. The topological polar surface area (TPSA) is 104 Å². The van der Waals surface area contributed by atoms with E-state index in [9.17, 15) is 10.1 Å². The summed E-state index contributed by atoms with van der Waals surface area (Å²) in [7, 11) is 0. The summed E-state index contributed by atoms with van der Waals surface area (Å²) in [5.41, 5.74) is 4.79. The van der Waals surface area contributed by atoms with Crippen molar-refractivity contribution in [3.05, 3.63) is 54.7 Å². The lowest BCUT2D eigenvalue weighted by Gasteiger charge is -2.42. The molecule has 0 atom stereocenters. The Morgan fingerprint density at radius 1 is 1.10 bits per heavy atom. The molecule has 0 unspecified atom stereocenters. The first-order valence-corrected chi connectivity index (χ1v) is 14.4. The van der Waals surface area contributed by atoms with Gasteiger partial charge in [-0.05, 0) is 70.6 Å². The molecule has 1 saturated heterocycles. The lowest BCUT2D eigenvalue weighted by molar-refractivity contribution is -0.133. The number of nitrogens with zero attached hydrogens (tertiary/aromatic N) is 7. The number of anilines is 1. The van der Waals surface area contributed by atoms with Crippen LogP contribution in [0.15, 0.2) is 49.2 Å². The van der Waals surface area contributed by atoms with Crippen molar-refractivity contribution in [2.45, 2.75) is 71.4 Å². The molecule has 206 valence electrons. The molecule has 0 bridgehead atoms. The van der Waals surface area contributed by atoms with Crippen molar-refractivity contribution in [3.8, 4) is 28.3 Å². The normalized spacial score (nSPS) is 17.1. The number of carbonyl (C=O) groups is 1. The minimum atomic E-state index is -0.281. The molecule has 1 amide bonds. The Hall–Kier alpha value is -4.19. The maximum absolute atomic E-state index is 13.1. The van der Waals surface area contributed by atoms with Crippen molar-refractivity contribution in [3.63, 3.8) is 0 Å². The number of rotatable bonds is 7. The summed E-state index contributed by atoms with van der Waals surface area (Å²) >= 11 is 0. The van der Waals surface area contributed by atoms with Crippen LogP contribution in [0.2, 0.25) is 0 Å². The second-order valence-corrected chi connectivity index (χ2v) is 11.5. The molecule has 40 heavy (non-hydrogen) atoms. The minimum Gasteiger partial charge on any atom is -0.357 e. The van der Waals surface area contributed by atoms with Crippen molar-refractivity contribution in [1.82, 2.24) is 29.7 Å². The molecule has 2 fully saturated rings. The number of aromatic nitrogens is 5. The average Bonchev–Trinajstić information content (AvgIpc) is 3.62. The van der Waals surface area contributed by atoms with Crippen molar-refractivity contribution >= 4 is 17.2 Å². The number of hydrogen-bond acceptors (Lipinski definition) is 6. The molecule has 4 aromatic heterocycles. The van der Waals surface area contributed by atoms with Crippen LogP contribution in [0, 0.1) is 16.7 Å². The summed E-state index contributed by atoms with van der Waals surface area (Å²) in [4.78, 5) is 20.2. The fraction of sp³-hybridized carbons (Fsp3) is 0.452. The number of hydrogen-bond donors (Lipinski definition) is 1. The number of nitriles is 1. The van der Waals surface area contributed by atoms with Gasteiger partial charge in [0.1, 0.15) is 11.9 Å². The molecule has 0 aromatic carbocycles. The molecule has 0 spiro atoms. The smallest absolute Gasteiger partial charge is 0.226 e. The third-order valence-electron chi connectivity index (χ3n) is 8.90. The van der Waals surface area contributed by atoms with Crippen molar-refractivity contribution in [2.75, 3.05) is 18.0 Å². The van der Waals surface area contributed by atoms with Crippen LogP contribution in [0.25, 0.3) is 27.8 Å². The highest BCUT2D eigenvalue weighted by molar-refractivity contribution is 5.87. The third kappa shape index (κ3) is 4.61. The van der Waals surface area contributed by atoms with Crippen LogP contribution in [-0.2, 0) is 4.79 Å². The van der Waals surface area contributed by atoms with E-state index in [2.05, 4.69) is 59.4 Å². The van der Waals surface area contributed by atoms with E-state index < -0.39 is 0 Å². The molecule has 1 aliphatic carbocycles. The van der Waals surface area contributed by atoms with Gasteiger partial charge >= 0.3 is 0 Å². The van der Waals surface area contributed by atoms with Crippen molar-refractivity contribution in [2.24, 2.45) is 5.41 Å². The largest absolute Gasteiger partial charge is 0.357 e. The van der Waals surface area contributed by atoms with Gasteiger partial charge in [-0.3, -0.25) is 9.48 Å². The standard InChI is InChI=1S/C31H36N8O/c1-4-31(30(40)36-26-6-5-7-26)10-12-37(13-11-31)28-9-8-22(16-33-28)27-14-23(25-18-34-38(20-25)21(2)3)19-39-29(27)24(15-32)17-35-39/h8-9,14,16-21,26H,4-7,10-13H2,1-3H3,(H,36,40). The third-order valence-corrected chi connectivity index (χ3v) is 8.90. The van der Waals surface area contributed by atoms with Crippen LogP contribution in [0.4, 0.5) is 5.82 Å². The fourth-order valence-electron chi connectivity index (χ4n) is 5.88. The maximum Gasteiger partial charge on any atom is 0.226 e. The summed E-state index contributed by atoms with van der Waals surface area (Å²) in [5.74, 6) is 1.15. The van der Waals surface area contributed by atoms with Crippen LogP contribution in [-0.4, -0.2) is 49.4 Å². The quantitative estimate of drug-likeness (QED) is 0.340. The molecule has 2 aliphatic rings. The van der Waals surface area contributed by atoms with Gasteiger partial charge in [0.2, 0.25) is 5.91 Å². The minimum absolute atomic E-state index is 0.236. The highest BCUT2D eigenvalue weighted by Gasteiger charge is 2.41. The van der Waals surface area contributed by atoms with Gasteiger partial charge in [-0.2, -0.15) is 15.5 Å². The summed E-state index contributed by atoms with van der Waals surface area (Å²) in [6.45, 7) is 7.94. The zero-order valence-electron chi connectivity index (χ0n) is 23.5. The summed E-state index contributed by atoms with van der Waals surface area (Å²) in [6, 6.07) is 9.12. The molecular formula is C31H36N8O. The van der Waals surface area contributed by atoms with E-state index in [1.165, 1.54) is 6.42 Å². The number of amides is 1. The Kier molecular flexibility index (Phi) is 6.78. The van der Waals surface area contributed by atoms with E-state index in [0.717, 1.165) is 78.8 Å². The Labute approximate surface area is 234 Å². The molecule has 6 rings (SSSR count). The van der Waals surface area contributed by atoms with Gasteiger partial charge in [-0.15, -0.1) is 0 Å². The maximum atomic E-state index is 13.1. The number of piperidine rings is 1. The van der Waals surface area contributed by atoms with Crippen molar-refractivity contribution in [1.29, 1.82) is 5.26 Å². The van der Waals surface area contributed by atoms with Gasteiger partial charge in [0.05, 0.1) is 28.9 Å². The second-order valence-electron chi connectivity index (χ2n) is 11.5. The van der Waals surface area contributed by atoms with Crippen LogP contribution in [0.3, 0.4) is 0 Å². The Morgan fingerprint density at radius 3 is 2.50 bits per heavy atom. The zero-order chi connectivity index (χ0) is 27.9. The van der Waals surface area contributed by atoms with E-state index in [1.807, 2.05) is 35.5 Å².